The summed E-state index contributed by atoms with van der Waals surface area (Å²) in [5, 5.41) is 0. The van der Waals surface area contributed by atoms with Crippen molar-refractivity contribution < 1.29 is 4.39 Å². The first-order valence-corrected chi connectivity index (χ1v) is 6.72. The number of nitrogens with zero attached hydrogens (tertiary/aromatic N) is 3. The van der Waals surface area contributed by atoms with Crippen molar-refractivity contribution in [1.82, 2.24) is 14.5 Å². The quantitative estimate of drug-likeness (QED) is 0.903. The highest BCUT2D eigenvalue weighted by molar-refractivity contribution is 5.78. The average Bonchev–Trinajstić information content (AvgIpc) is 2.71. The lowest BCUT2D eigenvalue weighted by atomic mass is 10.2. The van der Waals surface area contributed by atoms with E-state index >= 15 is 0 Å². The molecule has 4 nitrogen and oxygen atoms in total. The second-order valence-corrected chi connectivity index (χ2v) is 4.81. The van der Waals surface area contributed by atoms with Gasteiger partial charge in [-0.2, -0.15) is 0 Å². The molecule has 1 unspecified atom stereocenters. The zero-order valence-corrected chi connectivity index (χ0v) is 11.7. The first kappa shape index (κ1) is 13.8. The van der Waals surface area contributed by atoms with E-state index in [1.54, 1.807) is 6.07 Å². The van der Waals surface area contributed by atoms with Crippen molar-refractivity contribution in [2.45, 2.75) is 26.8 Å². The van der Waals surface area contributed by atoms with Gasteiger partial charge in [-0.05, 0) is 38.2 Å². The summed E-state index contributed by atoms with van der Waals surface area (Å²) in [6.07, 6.45) is 0. The third-order valence-corrected chi connectivity index (χ3v) is 3.54. The third kappa shape index (κ3) is 2.71. The van der Waals surface area contributed by atoms with Crippen LogP contribution in [0, 0.1) is 5.82 Å². The van der Waals surface area contributed by atoms with Gasteiger partial charge in [0.1, 0.15) is 5.82 Å². The van der Waals surface area contributed by atoms with E-state index in [0.717, 1.165) is 30.7 Å². The number of nitrogen functional groups attached to an aromatic ring is 1. The first-order valence-electron chi connectivity index (χ1n) is 6.72. The summed E-state index contributed by atoms with van der Waals surface area (Å²) in [7, 11) is 0. The van der Waals surface area contributed by atoms with E-state index in [1.807, 2.05) is 4.57 Å². The van der Waals surface area contributed by atoms with Crippen molar-refractivity contribution in [3.8, 4) is 0 Å². The summed E-state index contributed by atoms with van der Waals surface area (Å²) in [6, 6.07) is 4.74. The molecule has 0 radical (unpaired) electrons. The summed E-state index contributed by atoms with van der Waals surface area (Å²) >= 11 is 0. The highest BCUT2D eigenvalue weighted by atomic mass is 19.1. The lowest BCUT2D eigenvalue weighted by molar-refractivity contribution is 0.264. The van der Waals surface area contributed by atoms with Gasteiger partial charge in [0.25, 0.3) is 0 Å². The molecule has 2 rings (SSSR count). The Balaban J connectivity index is 2.37. The van der Waals surface area contributed by atoms with Crippen molar-refractivity contribution in [2.75, 3.05) is 25.4 Å². The van der Waals surface area contributed by atoms with Crippen LogP contribution in [0.3, 0.4) is 0 Å². The van der Waals surface area contributed by atoms with E-state index in [9.17, 15) is 4.39 Å². The second kappa shape index (κ2) is 5.57. The lowest BCUT2D eigenvalue weighted by Gasteiger charge is -2.24. The Morgan fingerprint density at radius 1 is 1.37 bits per heavy atom. The molecule has 0 aliphatic heterocycles. The van der Waals surface area contributed by atoms with Gasteiger partial charge in [0, 0.05) is 12.6 Å². The van der Waals surface area contributed by atoms with Crippen LogP contribution in [0.4, 0.5) is 10.3 Å². The molecular formula is C14H21FN4. The Morgan fingerprint density at radius 3 is 2.68 bits per heavy atom. The van der Waals surface area contributed by atoms with Gasteiger partial charge >= 0.3 is 0 Å². The summed E-state index contributed by atoms with van der Waals surface area (Å²) in [5.41, 5.74) is 7.48. The number of anilines is 1. The van der Waals surface area contributed by atoms with Gasteiger partial charge in [-0.15, -0.1) is 0 Å². The smallest absolute Gasteiger partial charge is 0.201 e. The van der Waals surface area contributed by atoms with E-state index < -0.39 is 0 Å². The summed E-state index contributed by atoms with van der Waals surface area (Å²) in [4.78, 5) is 6.60. The summed E-state index contributed by atoms with van der Waals surface area (Å²) < 4.78 is 15.3. The van der Waals surface area contributed by atoms with Gasteiger partial charge < -0.3 is 15.2 Å². The number of nitrogens with two attached hydrogens (primary N) is 1. The molecule has 1 aromatic carbocycles. The Labute approximate surface area is 113 Å². The number of likely N-dealkylation sites (N-methyl/N-ethyl adjacent to an activating group) is 1. The fourth-order valence-corrected chi connectivity index (χ4v) is 2.49. The van der Waals surface area contributed by atoms with Crippen LogP contribution in [0.2, 0.25) is 0 Å². The Hall–Kier alpha value is -1.62. The van der Waals surface area contributed by atoms with E-state index in [1.165, 1.54) is 12.1 Å². The predicted molar refractivity (Wildman–Crippen MR) is 76.6 cm³/mol. The molecule has 19 heavy (non-hydrogen) atoms. The molecule has 0 bridgehead atoms. The van der Waals surface area contributed by atoms with Crippen LogP contribution in [-0.2, 0) is 0 Å². The third-order valence-electron chi connectivity index (χ3n) is 3.54. The van der Waals surface area contributed by atoms with Gasteiger partial charge in [-0.3, -0.25) is 0 Å². The van der Waals surface area contributed by atoms with Crippen LogP contribution in [0.1, 0.15) is 26.8 Å². The molecule has 2 aromatic rings. The van der Waals surface area contributed by atoms with Crippen LogP contribution in [0.25, 0.3) is 11.0 Å². The molecule has 0 saturated carbocycles. The molecule has 5 heteroatoms. The highest BCUT2D eigenvalue weighted by Crippen LogP contribution is 2.24. The zero-order valence-electron chi connectivity index (χ0n) is 11.7. The molecule has 0 spiro atoms. The lowest BCUT2D eigenvalue weighted by Crippen LogP contribution is -2.30. The number of halogens is 1. The van der Waals surface area contributed by atoms with E-state index in [-0.39, 0.29) is 11.9 Å². The number of hydrogen-bond acceptors (Lipinski definition) is 3. The maximum Gasteiger partial charge on any atom is 0.201 e. The molecule has 1 atom stereocenters. The minimum Gasteiger partial charge on any atom is -0.369 e. The van der Waals surface area contributed by atoms with E-state index in [4.69, 9.17) is 5.73 Å². The summed E-state index contributed by atoms with van der Waals surface area (Å²) in [5.74, 6) is 0.184. The fraction of sp³-hybridized carbons (Fsp3) is 0.500. The number of benzene rings is 1. The van der Waals surface area contributed by atoms with E-state index in [0.29, 0.717) is 5.95 Å². The van der Waals surface area contributed by atoms with Crippen molar-refractivity contribution in [3.63, 3.8) is 0 Å². The monoisotopic (exact) mass is 264 g/mol. The number of hydrogen-bond donors (Lipinski definition) is 1. The molecule has 0 saturated heterocycles. The average molecular weight is 264 g/mol. The van der Waals surface area contributed by atoms with E-state index in [2.05, 4.69) is 30.7 Å². The largest absolute Gasteiger partial charge is 0.369 e. The number of fused-ring (bicyclic) bond motifs is 1. The fourth-order valence-electron chi connectivity index (χ4n) is 2.49. The topological polar surface area (TPSA) is 47.1 Å². The SMILES string of the molecule is CCN(CC)CC(C)n1c(N)nc2ccc(F)cc21. The molecule has 1 heterocycles. The van der Waals surface area contributed by atoms with Gasteiger partial charge in [0.05, 0.1) is 11.0 Å². The number of rotatable bonds is 5. The summed E-state index contributed by atoms with van der Waals surface area (Å²) in [6.45, 7) is 9.19. The Bertz CT molecular complexity index is 560. The number of aromatic nitrogens is 2. The normalized spacial score (nSPS) is 13.3. The minimum atomic E-state index is -0.260. The van der Waals surface area contributed by atoms with Crippen LogP contribution in [-0.4, -0.2) is 34.1 Å². The standard InChI is InChI=1S/C14H21FN4/c1-4-18(5-2)9-10(3)19-13-8-11(15)6-7-12(13)17-14(19)16/h6-8,10H,4-5,9H2,1-3H3,(H2,16,17). The molecule has 0 aliphatic carbocycles. The first-order chi connectivity index (χ1) is 9.06. The van der Waals surface area contributed by atoms with Crippen LogP contribution in [0.15, 0.2) is 18.2 Å². The molecule has 0 amide bonds. The van der Waals surface area contributed by atoms with Gasteiger partial charge in [-0.1, -0.05) is 13.8 Å². The van der Waals surface area contributed by atoms with Crippen LogP contribution >= 0.6 is 0 Å². The molecule has 2 N–H and O–H groups in total. The maximum atomic E-state index is 13.4. The van der Waals surface area contributed by atoms with Crippen LogP contribution < -0.4 is 5.73 Å². The van der Waals surface area contributed by atoms with Crippen molar-refractivity contribution in [1.29, 1.82) is 0 Å². The molecular weight excluding hydrogens is 243 g/mol. The van der Waals surface area contributed by atoms with Crippen molar-refractivity contribution in [2.24, 2.45) is 0 Å². The molecule has 0 fully saturated rings. The minimum absolute atomic E-state index is 0.159. The van der Waals surface area contributed by atoms with Gasteiger partial charge in [0.2, 0.25) is 5.95 Å². The van der Waals surface area contributed by atoms with Crippen molar-refractivity contribution >= 4 is 17.0 Å². The van der Waals surface area contributed by atoms with Crippen molar-refractivity contribution in [3.05, 3.63) is 24.0 Å². The Kier molecular flexibility index (Phi) is 4.04. The zero-order chi connectivity index (χ0) is 14.0. The molecule has 0 aliphatic rings. The highest BCUT2D eigenvalue weighted by Gasteiger charge is 2.16. The predicted octanol–water partition coefficient (Wildman–Crippen LogP) is 2.66. The number of imidazole rings is 1. The van der Waals surface area contributed by atoms with Gasteiger partial charge in [0.15, 0.2) is 0 Å². The van der Waals surface area contributed by atoms with Crippen LogP contribution in [0.5, 0.6) is 0 Å². The molecule has 104 valence electrons. The Morgan fingerprint density at radius 2 is 2.05 bits per heavy atom. The maximum absolute atomic E-state index is 13.4. The van der Waals surface area contributed by atoms with Gasteiger partial charge in [-0.25, -0.2) is 9.37 Å². The molecule has 1 aromatic heterocycles. The second-order valence-electron chi connectivity index (χ2n) is 4.81.